The first-order valence-corrected chi connectivity index (χ1v) is 10.4. The molecule has 2 aromatic rings. The van der Waals surface area contributed by atoms with Crippen LogP contribution in [-0.4, -0.2) is 30.3 Å². The van der Waals surface area contributed by atoms with E-state index in [1.165, 1.54) is 0 Å². The molecule has 3 amide bonds. The van der Waals surface area contributed by atoms with Crippen molar-refractivity contribution in [2.24, 2.45) is 5.92 Å². The van der Waals surface area contributed by atoms with Crippen molar-refractivity contribution >= 4 is 40.7 Å². The summed E-state index contributed by atoms with van der Waals surface area (Å²) in [5.41, 5.74) is 2.71. The molecule has 1 heterocycles. The fourth-order valence-corrected chi connectivity index (χ4v) is 3.67. The second-order valence-corrected chi connectivity index (χ2v) is 8.27. The Bertz CT molecular complexity index is 957. The number of carbonyl (C=O) groups is 3. The molecule has 158 valence electrons. The molecule has 1 aliphatic heterocycles. The van der Waals surface area contributed by atoms with Crippen LogP contribution in [0.15, 0.2) is 42.5 Å². The summed E-state index contributed by atoms with van der Waals surface area (Å²) >= 11 is 6.36. The van der Waals surface area contributed by atoms with E-state index < -0.39 is 6.04 Å². The summed E-state index contributed by atoms with van der Waals surface area (Å²) in [7, 11) is 0. The van der Waals surface area contributed by atoms with Crippen molar-refractivity contribution in [2.75, 3.05) is 16.8 Å². The first-order valence-electron chi connectivity index (χ1n) is 10.0. The molecule has 3 rings (SSSR count). The lowest BCUT2D eigenvalue weighted by molar-refractivity contribution is -0.119. The van der Waals surface area contributed by atoms with Gasteiger partial charge in [0.1, 0.15) is 6.04 Å². The number of nitrogens with zero attached hydrogens (tertiary/aromatic N) is 1. The minimum atomic E-state index is -0.711. The van der Waals surface area contributed by atoms with Crippen LogP contribution in [0, 0.1) is 12.8 Å². The minimum absolute atomic E-state index is 0.0485. The summed E-state index contributed by atoms with van der Waals surface area (Å²) in [6, 6.07) is 11.5. The van der Waals surface area contributed by atoms with E-state index in [0.717, 1.165) is 12.0 Å². The second-order valence-electron chi connectivity index (χ2n) is 7.87. The third-order valence-corrected chi connectivity index (χ3v) is 5.43. The Morgan fingerprint density at radius 1 is 1.10 bits per heavy atom. The molecule has 0 aliphatic carbocycles. The van der Waals surface area contributed by atoms with Gasteiger partial charge in [0, 0.05) is 24.2 Å². The molecule has 0 aromatic heterocycles. The van der Waals surface area contributed by atoms with Gasteiger partial charge < -0.3 is 15.5 Å². The molecule has 0 radical (unpaired) electrons. The maximum atomic E-state index is 12.8. The molecule has 0 unspecified atom stereocenters. The number of hydrogen-bond acceptors (Lipinski definition) is 3. The highest BCUT2D eigenvalue weighted by Crippen LogP contribution is 2.31. The minimum Gasteiger partial charge on any atom is -0.340 e. The topological polar surface area (TPSA) is 78.5 Å². The molecule has 30 heavy (non-hydrogen) atoms. The normalized spacial score (nSPS) is 14.7. The van der Waals surface area contributed by atoms with Crippen molar-refractivity contribution in [3.05, 3.63) is 58.6 Å². The van der Waals surface area contributed by atoms with Crippen LogP contribution < -0.4 is 15.5 Å². The van der Waals surface area contributed by atoms with Crippen molar-refractivity contribution in [1.82, 2.24) is 5.32 Å². The number of amides is 3. The summed E-state index contributed by atoms with van der Waals surface area (Å²) in [5, 5.41) is 6.03. The highest BCUT2D eigenvalue weighted by molar-refractivity contribution is 6.34. The number of anilines is 2. The van der Waals surface area contributed by atoms with E-state index in [-0.39, 0.29) is 23.6 Å². The summed E-state index contributed by atoms with van der Waals surface area (Å²) in [4.78, 5) is 39.0. The van der Waals surface area contributed by atoms with Crippen molar-refractivity contribution in [3.63, 3.8) is 0 Å². The Morgan fingerprint density at radius 2 is 1.80 bits per heavy atom. The van der Waals surface area contributed by atoms with Crippen molar-refractivity contribution < 1.29 is 14.4 Å². The largest absolute Gasteiger partial charge is 0.340 e. The summed E-state index contributed by atoms with van der Waals surface area (Å²) in [5.74, 6) is -0.694. The molecule has 0 spiro atoms. The lowest BCUT2D eigenvalue weighted by atomic mass is 10.0. The number of halogens is 1. The summed E-state index contributed by atoms with van der Waals surface area (Å²) in [6.45, 7) is 6.33. The Morgan fingerprint density at radius 3 is 2.37 bits per heavy atom. The molecule has 0 saturated carbocycles. The summed E-state index contributed by atoms with van der Waals surface area (Å²) < 4.78 is 0. The standard InChI is InChI=1S/C23H26ClN3O3/c1-14(2)21(26-22(29)16-8-6-15(3)7-9-16)23(30)25-17-10-11-19(18(24)13-17)27-12-4-5-20(27)28/h6-11,13-14,21H,4-5,12H2,1-3H3,(H,25,30)(H,26,29)/t21-/m1/s1. The molecule has 0 bridgehead atoms. The molecule has 7 heteroatoms. The molecular weight excluding hydrogens is 402 g/mol. The van der Waals surface area contributed by atoms with Crippen LogP contribution in [-0.2, 0) is 9.59 Å². The second kappa shape index (κ2) is 9.30. The number of carbonyl (C=O) groups excluding carboxylic acids is 3. The Balaban J connectivity index is 1.70. The van der Waals surface area contributed by atoms with E-state index >= 15 is 0 Å². The Labute approximate surface area is 181 Å². The quantitative estimate of drug-likeness (QED) is 0.726. The van der Waals surface area contributed by atoms with Gasteiger partial charge in [-0.25, -0.2) is 0 Å². The molecule has 1 aliphatic rings. The molecule has 1 saturated heterocycles. The smallest absolute Gasteiger partial charge is 0.251 e. The average Bonchev–Trinajstić information content (AvgIpc) is 3.12. The number of benzene rings is 2. The maximum absolute atomic E-state index is 12.8. The van der Waals surface area contributed by atoms with E-state index in [2.05, 4.69) is 10.6 Å². The fourth-order valence-electron chi connectivity index (χ4n) is 3.39. The van der Waals surface area contributed by atoms with Crippen LogP contribution >= 0.6 is 11.6 Å². The van der Waals surface area contributed by atoms with Gasteiger partial charge in [-0.3, -0.25) is 14.4 Å². The molecule has 1 fully saturated rings. The van der Waals surface area contributed by atoms with Crippen LogP contribution in [0.5, 0.6) is 0 Å². The predicted octanol–water partition coefficient (Wildman–Crippen LogP) is 4.17. The van der Waals surface area contributed by atoms with E-state index in [4.69, 9.17) is 11.6 Å². The van der Waals surface area contributed by atoms with Gasteiger partial charge in [0.15, 0.2) is 0 Å². The highest BCUT2D eigenvalue weighted by atomic mass is 35.5. The fraction of sp³-hybridized carbons (Fsp3) is 0.348. The molecule has 2 N–H and O–H groups in total. The van der Waals surface area contributed by atoms with E-state index in [9.17, 15) is 14.4 Å². The zero-order chi connectivity index (χ0) is 21.8. The molecular formula is C23H26ClN3O3. The zero-order valence-electron chi connectivity index (χ0n) is 17.4. The number of aryl methyl sites for hydroxylation is 1. The van der Waals surface area contributed by atoms with Gasteiger partial charge in [-0.2, -0.15) is 0 Å². The van der Waals surface area contributed by atoms with E-state index in [1.54, 1.807) is 35.2 Å². The number of hydrogen-bond donors (Lipinski definition) is 2. The number of rotatable bonds is 6. The number of nitrogens with one attached hydrogen (secondary N) is 2. The van der Waals surface area contributed by atoms with Gasteiger partial charge in [0.25, 0.3) is 5.91 Å². The first kappa shape index (κ1) is 21.8. The lowest BCUT2D eigenvalue weighted by Gasteiger charge is -2.22. The van der Waals surface area contributed by atoms with Crippen molar-refractivity contribution in [2.45, 2.75) is 39.7 Å². The maximum Gasteiger partial charge on any atom is 0.251 e. The van der Waals surface area contributed by atoms with Gasteiger partial charge in [-0.1, -0.05) is 43.1 Å². The molecule has 2 aromatic carbocycles. The SMILES string of the molecule is Cc1ccc(C(=O)N[C@@H](C(=O)Nc2ccc(N3CCCC3=O)c(Cl)c2)C(C)C)cc1. The van der Waals surface area contributed by atoms with Gasteiger partial charge in [-0.05, 0) is 49.6 Å². The Hall–Kier alpha value is -2.86. The van der Waals surface area contributed by atoms with Gasteiger partial charge in [0.2, 0.25) is 11.8 Å². The third kappa shape index (κ3) is 5.00. The van der Waals surface area contributed by atoms with Crippen molar-refractivity contribution in [3.8, 4) is 0 Å². The molecule has 6 nitrogen and oxygen atoms in total. The van der Waals surface area contributed by atoms with E-state index in [1.807, 2.05) is 32.9 Å². The van der Waals surface area contributed by atoms with Gasteiger partial charge >= 0.3 is 0 Å². The zero-order valence-corrected chi connectivity index (χ0v) is 18.1. The van der Waals surface area contributed by atoms with Crippen LogP contribution in [0.25, 0.3) is 0 Å². The van der Waals surface area contributed by atoms with Crippen LogP contribution in [0.4, 0.5) is 11.4 Å². The molecule has 1 atom stereocenters. The van der Waals surface area contributed by atoms with Crippen LogP contribution in [0.2, 0.25) is 5.02 Å². The highest BCUT2D eigenvalue weighted by Gasteiger charge is 2.26. The Kier molecular flexibility index (Phi) is 6.77. The van der Waals surface area contributed by atoms with Gasteiger partial charge in [-0.15, -0.1) is 0 Å². The average molecular weight is 428 g/mol. The monoisotopic (exact) mass is 427 g/mol. The van der Waals surface area contributed by atoms with Gasteiger partial charge in [0.05, 0.1) is 10.7 Å². The lowest BCUT2D eigenvalue weighted by Crippen LogP contribution is -2.47. The van der Waals surface area contributed by atoms with Crippen LogP contribution in [0.3, 0.4) is 0 Å². The predicted molar refractivity (Wildman–Crippen MR) is 119 cm³/mol. The third-order valence-electron chi connectivity index (χ3n) is 5.13. The van der Waals surface area contributed by atoms with Crippen LogP contribution in [0.1, 0.15) is 42.6 Å². The van der Waals surface area contributed by atoms with Crippen molar-refractivity contribution in [1.29, 1.82) is 0 Å². The first-order chi connectivity index (χ1) is 14.3. The summed E-state index contributed by atoms with van der Waals surface area (Å²) in [6.07, 6.45) is 1.33. The van der Waals surface area contributed by atoms with E-state index in [0.29, 0.717) is 34.9 Å².